The Morgan fingerprint density at radius 3 is 2.70 bits per heavy atom. The fourth-order valence-electron chi connectivity index (χ4n) is 3.49. The van der Waals surface area contributed by atoms with Gasteiger partial charge in [-0.05, 0) is 43.2 Å². The van der Waals surface area contributed by atoms with E-state index in [-0.39, 0.29) is 5.97 Å². The molecule has 1 aromatic heterocycles. The highest BCUT2D eigenvalue weighted by Gasteiger charge is 2.44. The summed E-state index contributed by atoms with van der Waals surface area (Å²) in [7, 11) is 1.38. The first kappa shape index (κ1) is 13.4. The third-order valence-corrected chi connectivity index (χ3v) is 4.67. The zero-order valence-corrected chi connectivity index (χ0v) is 11.8. The van der Waals surface area contributed by atoms with Gasteiger partial charge in [0, 0.05) is 19.1 Å². The van der Waals surface area contributed by atoms with Crippen LogP contribution in [-0.4, -0.2) is 37.2 Å². The summed E-state index contributed by atoms with van der Waals surface area (Å²) in [6, 6.07) is 5.91. The summed E-state index contributed by atoms with van der Waals surface area (Å²) in [5.74, 6) is 0.483. The molecule has 1 saturated heterocycles. The first-order valence-corrected chi connectivity index (χ1v) is 7.18. The number of anilines is 1. The quantitative estimate of drug-likeness (QED) is 0.830. The van der Waals surface area contributed by atoms with Crippen molar-refractivity contribution < 1.29 is 9.53 Å². The molecule has 3 rings (SSSR count). The number of nitrogens with two attached hydrogens (primary N) is 1. The minimum Gasteiger partial charge on any atom is -0.464 e. The van der Waals surface area contributed by atoms with Gasteiger partial charge in [-0.2, -0.15) is 0 Å². The molecular formula is C15H21N3O2. The molecule has 0 aromatic carbocycles. The molecule has 1 saturated carbocycles. The van der Waals surface area contributed by atoms with Crippen LogP contribution in [0.1, 0.15) is 36.2 Å². The van der Waals surface area contributed by atoms with E-state index in [1.54, 1.807) is 6.07 Å². The van der Waals surface area contributed by atoms with Gasteiger partial charge in [0.1, 0.15) is 5.82 Å². The number of hydrogen-bond acceptors (Lipinski definition) is 5. The fourth-order valence-corrected chi connectivity index (χ4v) is 3.49. The molecule has 1 aliphatic heterocycles. The average Bonchev–Trinajstić information content (AvgIpc) is 2.46. The number of rotatable bonds is 2. The molecule has 2 N–H and O–H groups in total. The van der Waals surface area contributed by atoms with Crippen LogP contribution in [0, 0.1) is 5.41 Å². The van der Waals surface area contributed by atoms with Gasteiger partial charge >= 0.3 is 5.97 Å². The average molecular weight is 275 g/mol. The third-order valence-electron chi connectivity index (χ3n) is 4.67. The number of piperidine rings is 1. The summed E-state index contributed by atoms with van der Waals surface area (Å²) in [6.07, 6.45) is 4.67. The molecule has 0 amide bonds. The first-order valence-electron chi connectivity index (χ1n) is 7.18. The van der Waals surface area contributed by atoms with Gasteiger partial charge in [-0.15, -0.1) is 0 Å². The Kier molecular flexibility index (Phi) is 3.38. The van der Waals surface area contributed by atoms with Gasteiger partial charge in [-0.3, -0.25) is 0 Å². The van der Waals surface area contributed by atoms with Gasteiger partial charge in [0.15, 0.2) is 5.69 Å². The summed E-state index contributed by atoms with van der Waals surface area (Å²) in [5, 5.41) is 0. The lowest BCUT2D eigenvalue weighted by Gasteiger charge is -2.51. The lowest BCUT2D eigenvalue weighted by Crippen LogP contribution is -2.52. The number of nitrogens with zero attached hydrogens (tertiary/aromatic N) is 2. The monoisotopic (exact) mass is 275 g/mol. The van der Waals surface area contributed by atoms with Crippen LogP contribution in [0.4, 0.5) is 5.82 Å². The van der Waals surface area contributed by atoms with Crippen LogP contribution < -0.4 is 10.6 Å². The number of carbonyl (C=O) groups excluding carboxylic acids is 1. The summed E-state index contributed by atoms with van der Waals surface area (Å²) in [4.78, 5) is 18.2. The SMILES string of the molecule is COC(=O)c1cccc(N2CCC3(CC2)CC(N)C3)n1. The van der Waals surface area contributed by atoms with Crippen LogP contribution in [0.15, 0.2) is 18.2 Å². The van der Waals surface area contributed by atoms with Crippen LogP contribution in [0.3, 0.4) is 0 Å². The largest absolute Gasteiger partial charge is 0.464 e. The number of aromatic nitrogens is 1. The molecule has 2 fully saturated rings. The lowest BCUT2D eigenvalue weighted by molar-refractivity contribution is 0.0593. The molecule has 5 heteroatoms. The van der Waals surface area contributed by atoms with Gasteiger partial charge < -0.3 is 15.4 Å². The van der Waals surface area contributed by atoms with Crippen LogP contribution in [0.25, 0.3) is 0 Å². The normalized spacial score (nSPS) is 21.6. The number of hydrogen-bond donors (Lipinski definition) is 1. The van der Waals surface area contributed by atoms with Crippen molar-refractivity contribution in [1.29, 1.82) is 0 Å². The van der Waals surface area contributed by atoms with Crippen LogP contribution in [-0.2, 0) is 4.74 Å². The van der Waals surface area contributed by atoms with E-state index in [2.05, 4.69) is 9.88 Å². The maximum atomic E-state index is 11.5. The van der Waals surface area contributed by atoms with Crippen LogP contribution in [0.2, 0.25) is 0 Å². The summed E-state index contributed by atoms with van der Waals surface area (Å²) < 4.78 is 4.72. The maximum Gasteiger partial charge on any atom is 0.356 e. The summed E-state index contributed by atoms with van der Waals surface area (Å²) >= 11 is 0. The van der Waals surface area contributed by atoms with Crippen molar-refractivity contribution >= 4 is 11.8 Å². The Balaban J connectivity index is 1.67. The van der Waals surface area contributed by atoms with Crippen molar-refractivity contribution in [2.75, 3.05) is 25.1 Å². The lowest BCUT2D eigenvalue weighted by atomic mass is 9.61. The Morgan fingerprint density at radius 2 is 2.10 bits per heavy atom. The van der Waals surface area contributed by atoms with Gasteiger partial charge in [-0.25, -0.2) is 9.78 Å². The zero-order valence-electron chi connectivity index (χ0n) is 11.8. The highest BCUT2D eigenvalue weighted by atomic mass is 16.5. The molecule has 20 heavy (non-hydrogen) atoms. The van der Waals surface area contributed by atoms with Gasteiger partial charge in [-0.1, -0.05) is 6.07 Å². The summed E-state index contributed by atoms with van der Waals surface area (Å²) in [5.41, 5.74) is 6.77. The molecule has 1 aromatic rings. The molecule has 108 valence electrons. The zero-order chi connectivity index (χ0) is 14.2. The second kappa shape index (κ2) is 5.05. The predicted octanol–water partition coefficient (Wildman–Crippen LogP) is 1.58. The van der Waals surface area contributed by atoms with E-state index in [4.69, 9.17) is 10.5 Å². The standard InChI is InChI=1S/C15H21N3O2/c1-20-14(19)12-3-2-4-13(17-12)18-7-5-15(6-8-18)9-11(16)10-15/h2-4,11H,5-10,16H2,1H3. The van der Waals surface area contributed by atoms with E-state index in [1.807, 2.05) is 12.1 Å². The van der Waals surface area contributed by atoms with E-state index < -0.39 is 0 Å². The molecule has 0 bridgehead atoms. The Morgan fingerprint density at radius 1 is 1.40 bits per heavy atom. The molecule has 2 aliphatic rings. The molecular weight excluding hydrogens is 254 g/mol. The van der Waals surface area contributed by atoms with Crippen molar-refractivity contribution in [1.82, 2.24) is 4.98 Å². The molecule has 0 atom stereocenters. The molecule has 5 nitrogen and oxygen atoms in total. The Labute approximate surface area is 119 Å². The fraction of sp³-hybridized carbons (Fsp3) is 0.600. The van der Waals surface area contributed by atoms with Crippen LogP contribution in [0.5, 0.6) is 0 Å². The number of pyridine rings is 1. The maximum absolute atomic E-state index is 11.5. The molecule has 2 heterocycles. The number of esters is 1. The minimum absolute atomic E-state index is 0.371. The van der Waals surface area contributed by atoms with Crippen molar-refractivity contribution in [2.45, 2.75) is 31.7 Å². The highest BCUT2D eigenvalue weighted by molar-refractivity contribution is 5.87. The van der Waals surface area contributed by atoms with Gasteiger partial charge in [0.05, 0.1) is 7.11 Å². The topological polar surface area (TPSA) is 68.5 Å². The second-order valence-electron chi connectivity index (χ2n) is 6.03. The third kappa shape index (κ3) is 2.38. The smallest absolute Gasteiger partial charge is 0.356 e. The van der Waals surface area contributed by atoms with Crippen molar-refractivity contribution in [3.63, 3.8) is 0 Å². The molecule has 1 spiro atoms. The van der Waals surface area contributed by atoms with E-state index in [0.29, 0.717) is 17.2 Å². The number of methoxy groups -OCH3 is 1. The van der Waals surface area contributed by atoms with Crippen LogP contribution >= 0.6 is 0 Å². The van der Waals surface area contributed by atoms with E-state index in [9.17, 15) is 4.79 Å². The number of ether oxygens (including phenoxy) is 1. The van der Waals surface area contributed by atoms with Crippen molar-refractivity contribution in [3.8, 4) is 0 Å². The Bertz CT molecular complexity index is 502. The van der Waals surface area contributed by atoms with Crippen molar-refractivity contribution in [3.05, 3.63) is 23.9 Å². The predicted molar refractivity (Wildman–Crippen MR) is 76.7 cm³/mol. The molecule has 0 radical (unpaired) electrons. The van der Waals surface area contributed by atoms with Gasteiger partial charge in [0.25, 0.3) is 0 Å². The summed E-state index contributed by atoms with van der Waals surface area (Å²) in [6.45, 7) is 1.98. The first-order chi connectivity index (χ1) is 9.62. The molecule has 0 unspecified atom stereocenters. The van der Waals surface area contributed by atoms with E-state index in [0.717, 1.165) is 31.7 Å². The second-order valence-corrected chi connectivity index (χ2v) is 6.03. The number of carbonyl (C=O) groups is 1. The highest BCUT2D eigenvalue weighted by Crippen LogP contribution is 2.48. The van der Waals surface area contributed by atoms with Gasteiger partial charge in [0.2, 0.25) is 0 Å². The minimum atomic E-state index is -0.384. The Hall–Kier alpha value is -1.62. The molecule has 1 aliphatic carbocycles. The van der Waals surface area contributed by atoms with E-state index >= 15 is 0 Å². The van der Waals surface area contributed by atoms with Crippen molar-refractivity contribution in [2.24, 2.45) is 11.1 Å². The van der Waals surface area contributed by atoms with E-state index in [1.165, 1.54) is 20.0 Å².